The van der Waals surface area contributed by atoms with Crippen molar-refractivity contribution in [1.29, 1.82) is 0 Å². The lowest BCUT2D eigenvalue weighted by Crippen LogP contribution is -2.50. The summed E-state index contributed by atoms with van der Waals surface area (Å²) >= 11 is 0. The molecule has 0 radical (unpaired) electrons. The van der Waals surface area contributed by atoms with E-state index in [0.29, 0.717) is 12.5 Å². The molecule has 0 amide bonds. The van der Waals surface area contributed by atoms with Gasteiger partial charge in [-0.2, -0.15) is 0 Å². The summed E-state index contributed by atoms with van der Waals surface area (Å²) in [6.07, 6.45) is 3.42. The largest absolute Gasteiger partial charge is 0.392 e. The minimum absolute atomic E-state index is 0.111. The third kappa shape index (κ3) is 2.40. The summed E-state index contributed by atoms with van der Waals surface area (Å²) in [4.78, 5) is 0. The Labute approximate surface area is 97.1 Å². The first-order valence-electron chi connectivity index (χ1n) is 6.32. The lowest BCUT2D eigenvalue weighted by molar-refractivity contribution is -0.0986. The average molecular weight is 229 g/mol. The second-order valence-electron chi connectivity index (χ2n) is 5.07. The van der Waals surface area contributed by atoms with Gasteiger partial charge in [0.1, 0.15) is 0 Å². The molecule has 0 aromatic rings. The highest BCUT2D eigenvalue weighted by Crippen LogP contribution is 2.39. The molecule has 2 aliphatic rings. The molecule has 2 aliphatic heterocycles. The first kappa shape index (κ1) is 12.3. The Morgan fingerprint density at radius 1 is 1.12 bits per heavy atom. The van der Waals surface area contributed by atoms with E-state index in [4.69, 9.17) is 15.2 Å². The van der Waals surface area contributed by atoms with Crippen LogP contribution in [-0.4, -0.2) is 44.2 Å². The van der Waals surface area contributed by atoms with E-state index >= 15 is 0 Å². The van der Waals surface area contributed by atoms with Gasteiger partial charge in [0.2, 0.25) is 0 Å². The minimum atomic E-state index is -0.287. The highest BCUT2D eigenvalue weighted by atomic mass is 16.5. The fourth-order valence-electron chi connectivity index (χ4n) is 2.93. The molecule has 4 heteroatoms. The number of hydrogen-bond acceptors (Lipinski definition) is 4. The predicted molar refractivity (Wildman–Crippen MR) is 61.1 cm³/mol. The third-order valence-corrected chi connectivity index (χ3v) is 4.24. The van der Waals surface area contributed by atoms with E-state index in [9.17, 15) is 5.11 Å². The number of nitrogens with two attached hydrogens (primary N) is 1. The molecule has 1 atom stereocenters. The molecule has 1 unspecified atom stereocenters. The van der Waals surface area contributed by atoms with E-state index in [2.05, 4.69) is 0 Å². The van der Waals surface area contributed by atoms with Gasteiger partial charge in [-0.25, -0.2) is 0 Å². The monoisotopic (exact) mass is 229 g/mol. The van der Waals surface area contributed by atoms with Crippen LogP contribution >= 0.6 is 0 Å². The van der Waals surface area contributed by atoms with Gasteiger partial charge >= 0.3 is 0 Å². The topological polar surface area (TPSA) is 64.7 Å². The van der Waals surface area contributed by atoms with Crippen molar-refractivity contribution >= 4 is 0 Å². The number of ether oxygens (including phenoxy) is 2. The van der Waals surface area contributed by atoms with Gasteiger partial charge in [-0.05, 0) is 31.6 Å². The Kier molecular flexibility index (Phi) is 4.19. The fourth-order valence-corrected chi connectivity index (χ4v) is 2.93. The Balaban J connectivity index is 2.00. The second kappa shape index (κ2) is 5.45. The van der Waals surface area contributed by atoms with Crippen LogP contribution in [0, 0.1) is 11.3 Å². The molecule has 3 N–H and O–H groups in total. The zero-order chi connectivity index (χ0) is 11.4. The summed E-state index contributed by atoms with van der Waals surface area (Å²) in [5.74, 6) is 0.357. The van der Waals surface area contributed by atoms with Gasteiger partial charge < -0.3 is 20.3 Å². The summed E-state index contributed by atoms with van der Waals surface area (Å²) in [7, 11) is 0. The molecule has 0 bridgehead atoms. The zero-order valence-electron chi connectivity index (χ0n) is 9.86. The van der Waals surface area contributed by atoms with Crippen LogP contribution in [0.3, 0.4) is 0 Å². The minimum Gasteiger partial charge on any atom is -0.392 e. The van der Waals surface area contributed by atoms with E-state index in [1.807, 2.05) is 0 Å². The van der Waals surface area contributed by atoms with Crippen molar-refractivity contribution in [1.82, 2.24) is 0 Å². The molecule has 0 aromatic heterocycles. The van der Waals surface area contributed by atoms with Gasteiger partial charge in [0.15, 0.2) is 0 Å². The van der Waals surface area contributed by atoms with Crippen molar-refractivity contribution in [2.45, 2.75) is 31.8 Å². The second-order valence-corrected chi connectivity index (χ2v) is 5.07. The van der Waals surface area contributed by atoms with Crippen LogP contribution in [0.5, 0.6) is 0 Å². The maximum atomic E-state index is 10.6. The Bertz CT molecular complexity index is 210. The van der Waals surface area contributed by atoms with Crippen molar-refractivity contribution in [3.05, 3.63) is 0 Å². The maximum Gasteiger partial charge on any atom is 0.0640 e. The molecule has 2 saturated heterocycles. The van der Waals surface area contributed by atoms with Gasteiger partial charge in [-0.1, -0.05) is 0 Å². The van der Waals surface area contributed by atoms with E-state index in [-0.39, 0.29) is 11.5 Å². The number of aliphatic hydroxyl groups is 1. The Hall–Kier alpha value is -0.160. The van der Waals surface area contributed by atoms with Gasteiger partial charge in [0, 0.05) is 38.4 Å². The van der Waals surface area contributed by atoms with Gasteiger partial charge in [0.25, 0.3) is 0 Å². The molecular weight excluding hydrogens is 206 g/mol. The summed E-state index contributed by atoms with van der Waals surface area (Å²) < 4.78 is 10.7. The Morgan fingerprint density at radius 2 is 1.69 bits per heavy atom. The summed E-state index contributed by atoms with van der Waals surface area (Å²) in [5.41, 5.74) is 5.79. The molecule has 16 heavy (non-hydrogen) atoms. The molecule has 0 aliphatic carbocycles. The first-order valence-corrected chi connectivity index (χ1v) is 6.32. The van der Waals surface area contributed by atoms with Crippen molar-refractivity contribution in [2.75, 3.05) is 33.0 Å². The molecule has 0 saturated carbocycles. The van der Waals surface area contributed by atoms with Crippen LogP contribution in [0.25, 0.3) is 0 Å². The van der Waals surface area contributed by atoms with Crippen LogP contribution in [0.15, 0.2) is 0 Å². The lowest BCUT2D eigenvalue weighted by Gasteiger charge is -2.44. The smallest absolute Gasteiger partial charge is 0.0640 e. The Morgan fingerprint density at radius 3 is 2.25 bits per heavy atom. The zero-order valence-corrected chi connectivity index (χ0v) is 9.86. The van der Waals surface area contributed by atoms with E-state index in [1.165, 1.54) is 0 Å². The molecular formula is C12H23NO3. The number of aliphatic hydroxyl groups excluding tert-OH is 1. The molecule has 4 nitrogen and oxygen atoms in total. The molecule has 2 heterocycles. The van der Waals surface area contributed by atoms with Crippen LogP contribution in [0.2, 0.25) is 0 Å². The van der Waals surface area contributed by atoms with Gasteiger partial charge in [-0.15, -0.1) is 0 Å². The SMILES string of the molecule is NCC1(C(O)C2CCOCC2)CCOCC1. The van der Waals surface area contributed by atoms with E-state index < -0.39 is 0 Å². The van der Waals surface area contributed by atoms with Crippen LogP contribution in [0.4, 0.5) is 0 Å². The maximum absolute atomic E-state index is 10.6. The fraction of sp³-hybridized carbons (Fsp3) is 1.00. The van der Waals surface area contributed by atoms with E-state index in [1.54, 1.807) is 0 Å². The molecule has 0 aromatic carbocycles. The highest BCUT2D eigenvalue weighted by Gasteiger charge is 2.42. The number of rotatable bonds is 3. The van der Waals surface area contributed by atoms with Gasteiger partial charge in [0.05, 0.1) is 6.10 Å². The first-order chi connectivity index (χ1) is 7.78. The van der Waals surface area contributed by atoms with Crippen molar-refractivity contribution in [2.24, 2.45) is 17.1 Å². The summed E-state index contributed by atoms with van der Waals surface area (Å²) in [6.45, 7) is 3.58. The summed E-state index contributed by atoms with van der Waals surface area (Å²) in [5, 5.41) is 10.6. The molecule has 2 rings (SSSR count). The van der Waals surface area contributed by atoms with Crippen LogP contribution in [-0.2, 0) is 9.47 Å². The molecule has 0 spiro atoms. The van der Waals surface area contributed by atoms with E-state index in [0.717, 1.165) is 52.1 Å². The van der Waals surface area contributed by atoms with Crippen molar-refractivity contribution < 1.29 is 14.6 Å². The third-order valence-electron chi connectivity index (χ3n) is 4.24. The molecule has 2 fully saturated rings. The predicted octanol–water partition coefficient (Wildman–Crippen LogP) is 0.529. The number of hydrogen-bond donors (Lipinski definition) is 2. The summed E-state index contributed by atoms with van der Waals surface area (Å²) in [6, 6.07) is 0. The lowest BCUT2D eigenvalue weighted by atomic mass is 9.69. The van der Waals surface area contributed by atoms with Crippen LogP contribution < -0.4 is 5.73 Å². The normalized spacial score (nSPS) is 28.9. The standard InChI is InChI=1S/C12H23NO3/c13-9-12(3-7-16-8-4-12)11(14)10-1-5-15-6-2-10/h10-11,14H,1-9,13H2. The van der Waals surface area contributed by atoms with Crippen molar-refractivity contribution in [3.63, 3.8) is 0 Å². The molecule has 94 valence electrons. The average Bonchev–Trinajstić information content (AvgIpc) is 2.39. The van der Waals surface area contributed by atoms with Gasteiger partial charge in [-0.3, -0.25) is 0 Å². The highest BCUT2D eigenvalue weighted by molar-refractivity contribution is 4.93. The quantitative estimate of drug-likeness (QED) is 0.741. The van der Waals surface area contributed by atoms with Crippen molar-refractivity contribution in [3.8, 4) is 0 Å². The van der Waals surface area contributed by atoms with Crippen LogP contribution in [0.1, 0.15) is 25.7 Å².